The Kier molecular flexibility index (Phi) is 7.66. The number of hydrogen-bond donors (Lipinski definition) is 0. The zero-order chi connectivity index (χ0) is 16.4. The molecular formula is C16H22O5S. The van der Waals surface area contributed by atoms with E-state index in [1.807, 2.05) is 6.92 Å². The Morgan fingerprint density at radius 1 is 1.27 bits per heavy atom. The summed E-state index contributed by atoms with van der Waals surface area (Å²) in [5.74, 6) is -0.381. The first-order chi connectivity index (χ1) is 10.5. The molecule has 0 bridgehead atoms. The normalized spacial score (nSPS) is 13.0. The second-order valence-electron chi connectivity index (χ2n) is 4.78. The average Bonchev–Trinajstić information content (AvgIpc) is 2.48. The van der Waals surface area contributed by atoms with E-state index >= 15 is 0 Å². The summed E-state index contributed by atoms with van der Waals surface area (Å²) in [4.78, 5) is 11.4. The maximum absolute atomic E-state index is 12.1. The molecule has 0 amide bonds. The standard InChI is InChI=1S/C16H22O5S/c1-3-20-16(17)11-12-21-14(2)8-7-13-22(18,19)15-9-5-4-6-10-15/h4-6,9-12,14H,3,7-8,13H2,1-2H3/b12-11+. The number of rotatable bonds is 9. The van der Waals surface area contributed by atoms with E-state index in [2.05, 4.69) is 0 Å². The third kappa shape index (κ3) is 6.76. The van der Waals surface area contributed by atoms with Crippen molar-refractivity contribution in [2.75, 3.05) is 12.4 Å². The molecule has 0 heterocycles. The number of esters is 1. The molecular weight excluding hydrogens is 304 g/mol. The van der Waals surface area contributed by atoms with Gasteiger partial charge in [0.25, 0.3) is 0 Å². The van der Waals surface area contributed by atoms with E-state index in [1.54, 1.807) is 37.3 Å². The van der Waals surface area contributed by atoms with Gasteiger partial charge in [0.15, 0.2) is 9.84 Å². The van der Waals surface area contributed by atoms with E-state index in [4.69, 9.17) is 9.47 Å². The number of benzene rings is 1. The summed E-state index contributed by atoms with van der Waals surface area (Å²) >= 11 is 0. The van der Waals surface area contributed by atoms with Crippen LogP contribution in [0.2, 0.25) is 0 Å². The molecule has 1 rings (SSSR count). The maximum Gasteiger partial charge on any atom is 0.333 e. The van der Waals surface area contributed by atoms with Crippen molar-refractivity contribution in [3.8, 4) is 0 Å². The zero-order valence-electron chi connectivity index (χ0n) is 12.9. The molecule has 5 nitrogen and oxygen atoms in total. The van der Waals surface area contributed by atoms with Crippen molar-refractivity contribution in [1.29, 1.82) is 0 Å². The van der Waals surface area contributed by atoms with Gasteiger partial charge in [0.1, 0.15) is 0 Å². The molecule has 0 aliphatic heterocycles. The lowest BCUT2D eigenvalue weighted by Gasteiger charge is -2.11. The minimum atomic E-state index is -3.24. The highest BCUT2D eigenvalue weighted by atomic mass is 32.2. The van der Waals surface area contributed by atoms with Gasteiger partial charge in [-0.2, -0.15) is 0 Å². The van der Waals surface area contributed by atoms with Crippen LogP contribution in [-0.4, -0.2) is 32.9 Å². The lowest BCUT2D eigenvalue weighted by molar-refractivity contribution is -0.137. The first-order valence-electron chi connectivity index (χ1n) is 7.22. The summed E-state index contributed by atoms with van der Waals surface area (Å²) in [6, 6.07) is 8.39. The van der Waals surface area contributed by atoms with Crippen LogP contribution in [0.1, 0.15) is 26.7 Å². The number of sulfone groups is 1. The Labute approximate surface area is 131 Å². The molecule has 1 aromatic carbocycles. The second-order valence-corrected chi connectivity index (χ2v) is 6.88. The number of hydrogen-bond acceptors (Lipinski definition) is 5. The van der Waals surface area contributed by atoms with Gasteiger partial charge < -0.3 is 9.47 Å². The smallest absolute Gasteiger partial charge is 0.333 e. The van der Waals surface area contributed by atoms with Crippen molar-refractivity contribution in [1.82, 2.24) is 0 Å². The molecule has 1 unspecified atom stereocenters. The monoisotopic (exact) mass is 326 g/mol. The molecule has 0 saturated carbocycles. The highest BCUT2D eigenvalue weighted by Crippen LogP contribution is 2.13. The van der Waals surface area contributed by atoms with E-state index < -0.39 is 15.8 Å². The van der Waals surface area contributed by atoms with Crippen LogP contribution in [-0.2, 0) is 24.1 Å². The molecule has 22 heavy (non-hydrogen) atoms. The molecule has 0 aliphatic carbocycles. The quantitative estimate of drug-likeness (QED) is 0.396. The summed E-state index contributed by atoms with van der Waals surface area (Å²) in [6.45, 7) is 3.86. The van der Waals surface area contributed by atoms with Crippen molar-refractivity contribution in [3.63, 3.8) is 0 Å². The zero-order valence-corrected chi connectivity index (χ0v) is 13.7. The highest BCUT2D eigenvalue weighted by Gasteiger charge is 2.14. The first kappa shape index (κ1) is 18.2. The Morgan fingerprint density at radius 3 is 2.59 bits per heavy atom. The molecule has 0 spiro atoms. The van der Waals surface area contributed by atoms with Gasteiger partial charge in [-0.25, -0.2) is 13.2 Å². The predicted octanol–water partition coefficient (Wildman–Crippen LogP) is 2.72. The summed E-state index contributed by atoms with van der Waals surface area (Å²) in [6.07, 6.45) is 3.40. The summed E-state index contributed by atoms with van der Waals surface area (Å²) < 4.78 is 34.2. The van der Waals surface area contributed by atoms with Gasteiger partial charge in [-0.1, -0.05) is 18.2 Å². The fourth-order valence-electron chi connectivity index (χ4n) is 1.79. The van der Waals surface area contributed by atoms with Crippen LogP contribution in [0, 0.1) is 0 Å². The van der Waals surface area contributed by atoms with E-state index in [9.17, 15) is 13.2 Å². The Morgan fingerprint density at radius 2 is 1.95 bits per heavy atom. The van der Waals surface area contributed by atoms with E-state index in [0.717, 1.165) is 0 Å². The number of carbonyl (C=O) groups is 1. The number of carbonyl (C=O) groups excluding carboxylic acids is 1. The van der Waals surface area contributed by atoms with Gasteiger partial charge in [0, 0.05) is 0 Å². The fourth-order valence-corrected chi connectivity index (χ4v) is 3.15. The maximum atomic E-state index is 12.1. The van der Waals surface area contributed by atoms with Crippen molar-refractivity contribution in [2.24, 2.45) is 0 Å². The molecule has 1 atom stereocenters. The van der Waals surface area contributed by atoms with Crippen LogP contribution in [0.15, 0.2) is 47.6 Å². The molecule has 122 valence electrons. The van der Waals surface area contributed by atoms with Crippen LogP contribution in [0.5, 0.6) is 0 Å². The third-order valence-corrected chi connectivity index (χ3v) is 4.74. The van der Waals surface area contributed by atoms with Gasteiger partial charge in [0.05, 0.1) is 35.7 Å². The van der Waals surface area contributed by atoms with Crippen LogP contribution in [0.3, 0.4) is 0 Å². The fraction of sp³-hybridized carbons (Fsp3) is 0.438. The second kappa shape index (κ2) is 9.25. The molecule has 0 radical (unpaired) electrons. The number of ether oxygens (including phenoxy) is 2. The Hall–Kier alpha value is -1.82. The van der Waals surface area contributed by atoms with Crippen LogP contribution < -0.4 is 0 Å². The first-order valence-corrected chi connectivity index (χ1v) is 8.87. The lowest BCUT2D eigenvalue weighted by Crippen LogP contribution is -2.11. The van der Waals surface area contributed by atoms with E-state index in [-0.39, 0.29) is 11.9 Å². The molecule has 0 aliphatic rings. The lowest BCUT2D eigenvalue weighted by atomic mass is 10.2. The minimum Gasteiger partial charge on any atom is -0.498 e. The Bertz CT molecular complexity index is 578. The molecule has 1 aromatic rings. The van der Waals surface area contributed by atoms with Crippen LogP contribution in [0.25, 0.3) is 0 Å². The van der Waals surface area contributed by atoms with Gasteiger partial charge in [-0.05, 0) is 38.8 Å². The van der Waals surface area contributed by atoms with Crippen molar-refractivity contribution in [2.45, 2.75) is 37.7 Å². The van der Waals surface area contributed by atoms with Crippen LogP contribution in [0.4, 0.5) is 0 Å². The van der Waals surface area contributed by atoms with Gasteiger partial charge >= 0.3 is 5.97 Å². The minimum absolute atomic E-state index is 0.0757. The highest BCUT2D eigenvalue weighted by molar-refractivity contribution is 7.91. The SMILES string of the molecule is CCOC(=O)/C=C/OC(C)CCCS(=O)(=O)c1ccccc1. The topological polar surface area (TPSA) is 69.7 Å². The predicted molar refractivity (Wildman–Crippen MR) is 84.0 cm³/mol. The van der Waals surface area contributed by atoms with Crippen molar-refractivity contribution >= 4 is 15.8 Å². The van der Waals surface area contributed by atoms with Crippen LogP contribution >= 0.6 is 0 Å². The van der Waals surface area contributed by atoms with E-state index in [0.29, 0.717) is 24.3 Å². The van der Waals surface area contributed by atoms with Gasteiger partial charge in [-0.15, -0.1) is 0 Å². The van der Waals surface area contributed by atoms with Gasteiger partial charge in [-0.3, -0.25) is 0 Å². The van der Waals surface area contributed by atoms with Gasteiger partial charge in [0.2, 0.25) is 0 Å². The molecule has 6 heteroatoms. The molecule has 0 aromatic heterocycles. The Balaban J connectivity index is 2.33. The molecule has 0 N–H and O–H groups in total. The van der Waals surface area contributed by atoms with E-state index in [1.165, 1.54) is 12.3 Å². The average molecular weight is 326 g/mol. The largest absolute Gasteiger partial charge is 0.498 e. The third-order valence-electron chi connectivity index (χ3n) is 2.93. The molecule has 0 fully saturated rings. The molecule has 0 saturated heterocycles. The van der Waals surface area contributed by atoms with Crippen molar-refractivity contribution in [3.05, 3.63) is 42.7 Å². The summed E-state index contributed by atoms with van der Waals surface area (Å²) in [5.41, 5.74) is 0. The van der Waals surface area contributed by atoms with Crippen molar-refractivity contribution < 1.29 is 22.7 Å². The summed E-state index contributed by atoms with van der Waals surface area (Å²) in [5, 5.41) is 0. The summed E-state index contributed by atoms with van der Waals surface area (Å²) in [7, 11) is -3.24.